The van der Waals surface area contributed by atoms with Crippen molar-refractivity contribution in [2.24, 2.45) is 10.8 Å². The van der Waals surface area contributed by atoms with Crippen LogP contribution in [0.15, 0.2) is 30.6 Å². The van der Waals surface area contributed by atoms with Gasteiger partial charge in [0.2, 0.25) is 0 Å². The largest absolute Gasteiger partial charge is 0.485 e. The fraction of sp³-hybridized carbons (Fsp3) is 0.429. The van der Waals surface area contributed by atoms with Gasteiger partial charge in [0.05, 0.1) is 25.5 Å². The standard InChI is InChI=1S/C21H21ClN4O2/c1-20(2)18(26-11-15-13(17(26)27)7-6-8-24-15)21(3,4)19(20)28-12-9-14(22)16(23-5)25-10-12/h6-10,18-19H,11H2,1-4H3/i11D2. The lowest BCUT2D eigenvalue weighted by molar-refractivity contribution is -0.199. The second-order valence-corrected chi connectivity index (χ2v) is 8.73. The van der Waals surface area contributed by atoms with Gasteiger partial charge in [-0.05, 0) is 18.2 Å². The topological polar surface area (TPSA) is 59.7 Å². The van der Waals surface area contributed by atoms with Gasteiger partial charge in [-0.15, -0.1) is 4.98 Å². The van der Waals surface area contributed by atoms with Gasteiger partial charge in [0.1, 0.15) is 6.10 Å². The SMILES string of the molecule is [2H]C1([2H])c2ncccc2C(=O)N1C1C(C)(C)C(Oc2cnc([N+]#[C-])c(Cl)c2)C1(C)C. The minimum Gasteiger partial charge on any atom is -0.485 e. The number of rotatable bonds is 3. The van der Waals surface area contributed by atoms with Crippen molar-refractivity contribution in [3.05, 3.63) is 58.3 Å². The number of aromatic nitrogens is 2. The van der Waals surface area contributed by atoms with Crippen molar-refractivity contribution in [2.45, 2.75) is 46.3 Å². The number of amides is 1. The molecule has 4 rings (SSSR count). The van der Waals surface area contributed by atoms with Gasteiger partial charge >= 0.3 is 0 Å². The normalized spacial score (nSPS) is 27.1. The monoisotopic (exact) mass is 398 g/mol. The third-order valence-electron chi connectivity index (χ3n) is 5.66. The fourth-order valence-corrected chi connectivity index (χ4v) is 5.12. The lowest BCUT2D eigenvalue weighted by Crippen LogP contribution is -2.74. The molecule has 2 aliphatic rings. The number of fused-ring (bicyclic) bond motifs is 1. The summed E-state index contributed by atoms with van der Waals surface area (Å²) < 4.78 is 23.5. The summed E-state index contributed by atoms with van der Waals surface area (Å²) in [7, 11) is 0. The molecule has 2 aromatic rings. The van der Waals surface area contributed by atoms with E-state index in [1.165, 1.54) is 17.3 Å². The average molecular weight is 399 g/mol. The molecule has 1 fully saturated rings. The van der Waals surface area contributed by atoms with Crippen LogP contribution in [0.3, 0.4) is 0 Å². The number of carbonyl (C=O) groups excluding carboxylic acids is 1. The van der Waals surface area contributed by atoms with Crippen LogP contribution in [0, 0.1) is 17.4 Å². The average Bonchev–Trinajstić information content (AvgIpc) is 2.87. The Morgan fingerprint density at radius 3 is 2.68 bits per heavy atom. The van der Waals surface area contributed by atoms with Crippen LogP contribution < -0.4 is 4.74 Å². The number of hydrogen-bond acceptors (Lipinski definition) is 4. The molecular formula is C21H21ClN4O2. The van der Waals surface area contributed by atoms with Crippen LogP contribution in [0.2, 0.25) is 5.02 Å². The van der Waals surface area contributed by atoms with E-state index in [9.17, 15) is 4.79 Å². The highest BCUT2D eigenvalue weighted by Gasteiger charge is 2.67. The lowest BCUT2D eigenvalue weighted by Gasteiger charge is -2.65. The molecule has 0 saturated heterocycles. The van der Waals surface area contributed by atoms with E-state index in [-0.39, 0.29) is 28.5 Å². The molecule has 6 nitrogen and oxygen atoms in total. The van der Waals surface area contributed by atoms with Crippen LogP contribution in [-0.2, 0) is 6.50 Å². The summed E-state index contributed by atoms with van der Waals surface area (Å²) in [5.74, 6) is 0.173. The summed E-state index contributed by atoms with van der Waals surface area (Å²) >= 11 is 6.09. The summed E-state index contributed by atoms with van der Waals surface area (Å²) in [6.07, 6.45) is 2.62. The Morgan fingerprint density at radius 2 is 2.07 bits per heavy atom. The Labute approximate surface area is 172 Å². The smallest absolute Gasteiger partial charge is 0.288 e. The second kappa shape index (κ2) is 6.18. The highest BCUT2D eigenvalue weighted by molar-refractivity contribution is 6.33. The van der Waals surface area contributed by atoms with Crippen LogP contribution in [0.25, 0.3) is 4.85 Å². The maximum Gasteiger partial charge on any atom is 0.288 e. The first-order valence-electron chi connectivity index (χ1n) is 9.93. The lowest BCUT2D eigenvalue weighted by atomic mass is 9.49. The maximum absolute atomic E-state index is 13.2. The first-order chi connectivity index (χ1) is 13.9. The Hall–Kier alpha value is -2.65. The summed E-state index contributed by atoms with van der Waals surface area (Å²) in [5, 5.41) is 0.210. The zero-order chi connectivity index (χ0) is 22.1. The minimum atomic E-state index is -2.01. The number of halogens is 1. The molecule has 0 atom stereocenters. The van der Waals surface area contributed by atoms with Crippen LogP contribution in [0.4, 0.5) is 5.82 Å². The predicted octanol–water partition coefficient (Wildman–Crippen LogP) is 4.52. The summed E-state index contributed by atoms with van der Waals surface area (Å²) in [6.45, 7) is 12.9. The van der Waals surface area contributed by atoms with E-state index in [4.69, 9.17) is 25.7 Å². The molecule has 144 valence electrons. The summed E-state index contributed by atoms with van der Waals surface area (Å²) in [6, 6.07) is 4.38. The number of hydrogen-bond donors (Lipinski definition) is 0. The van der Waals surface area contributed by atoms with E-state index in [1.54, 1.807) is 18.2 Å². The van der Waals surface area contributed by atoms with E-state index in [2.05, 4.69) is 14.8 Å². The number of pyridine rings is 2. The summed E-state index contributed by atoms with van der Waals surface area (Å²) in [5.41, 5.74) is -0.695. The molecule has 1 aliphatic heterocycles. The zero-order valence-electron chi connectivity index (χ0n) is 18.0. The van der Waals surface area contributed by atoms with Crippen molar-refractivity contribution >= 4 is 23.3 Å². The molecular weight excluding hydrogens is 376 g/mol. The van der Waals surface area contributed by atoms with Gasteiger partial charge in [0.25, 0.3) is 11.7 Å². The molecule has 0 unspecified atom stereocenters. The van der Waals surface area contributed by atoms with Crippen LogP contribution >= 0.6 is 11.6 Å². The molecule has 1 aliphatic carbocycles. The van der Waals surface area contributed by atoms with E-state index in [1.807, 2.05) is 27.7 Å². The van der Waals surface area contributed by atoms with Crippen molar-refractivity contribution < 1.29 is 12.3 Å². The van der Waals surface area contributed by atoms with Crippen molar-refractivity contribution in [3.8, 4) is 5.75 Å². The van der Waals surface area contributed by atoms with Gasteiger partial charge in [0, 0.05) is 23.1 Å². The van der Waals surface area contributed by atoms with Crippen molar-refractivity contribution in [1.29, 1.82) is 0 Å². The zero-order valence-corrected chi connectivity index (χ0v) is 16.8. The minimum absolute atomic E-state index is 0.107. The van der Waals surface area contributed by atoms with Gasteiger partial charge in [0.15, 0.2) is 11.9 Å². The fourth-order valence-electron chi connectivity index (χ4n) is 4.92. The van der Waals surface area contributed by atoms with Gasteiger partial charge < -0.3 is 14.5 Å². The Balaban J connectivity index is 1.67. The number of nitrogens with zero attached hydrogens (tertiary/aromatic N) is 4. The number of ether oxygens (including phenoxy) is 1. The van der Waals surface area contributed by atoms with Gasteiger partial charge in [-0.2, -0.15) is 0 Å². The van der Waals surface area contributed by atoms with E-state index in [0.717, 1.165) is 0 Å². The first-order valence-corrected chi connectivity index (χ1v) is 9.30. The molecule has 2 aromatic heterocycles. The first kappa shape index (κ1) is 16.3. The second-order valence-electron chi connectivity index (χ2n) is 8.32. The summed E-state index contributed by atoms with van der Waals surface area (Å²) in [4.78, 5) is 25.9. The van der Waals surface area contributed by atoms with Crippen molar-refractivity contribution in [3.63, 3.8) is 0 Å². The van der Waals surface area contributed by atoms with Crippen LogP contribution in [0.1, 0.15) is 46.5 Å². The Bertz CT molecular complexity index is 1080. The molecule has 0 spiro atoms. The van der Waals surface area contributed by atoms with Crippen LogP contribution in [-0.4, -0.2) is 32.9 Å². The van der Waals surface area contributed by atoms with E-state index in [0.29, 0.717) is 11.3 Å². The molecule has 0 aromatic carbocycles. The van der Waals surface area contributed by atoms with E-state index >= 15 is 0 Å². The molecule has 0 N–H and O–H groups in total. The van der Waals surface area contributed by atoms with Crippen molar-refractivity contribution in [2.75, 3.05) is 0 Å². The van der Waals surface area contributed by atoms with Gasteiger partial charge in [-0.25, -0.2) is 0 Å². The Morgan fingerprint density at radius 1 is 1.36 bits per heavy atom. The van der Waals surface area contributed by atoms with E-state index < -0.39 is 23.4 Å². The third kappa shape index (κ3) is 2.57. The number of carbonyl (C=O) groups is 1. The van der Waals surface area contributed by atoms with Gasteiger partial charge in [-0.1, -0.05) is 45.9 Å². The third-order valence-corrected chi connectivity index (χ3v) is 5.94. The predicted molar refractivity (Wildman–Crippen MR) is 105 cm³/mol. The molecule has 0 radical (unpaired) electrons. The molecule has 1 amide bonds. The molecule has 28 heavy (non-hydrogen) atoms. The molecule has 3 heterocycles. The highest BCUT2D eigenvalue weighted by Crippen LogP contribution is 2.59. The molecule has 0 bridgehead atoms. The maximum atomic E-state index is 13.2. The van der Waals surface area contributed by atoms with Gasteiger partial charge in [-0.3, -0.25) is 9.78 Å². The van der Waals surface area contributed by atoms with Crippen molar-refractivity contribution in [1.82, 2.24) is 14.9 Å². The quantitative estimate of drug-likeness (QED) is 0.713. The van der Waals surface area contributed by atoms with Crippen LogP contribution in [0.5, 0.6) is 5.75 Å². The Kier molecular flexibility index (Phi) is 3.60. The molecule has 1 saturated carbocycles. The molecule has 7 heteroatoms. The highest BCUT2D eigenvalue weighted by atomic mass is 35.5.